The molecular weight excluding hydrogens is 212 g/mol. The van der Waals surface area contributed by atoms with E-state index in [9.17, 15) is 4.79 Å². The Labute approximate surface area is 74.6 Å². The Balaban J connectivity index is 3.71. The molecule has 0 aliphatic rings. The molecule has 0 radical (unpaired) electrons. The minimum Gasteiger partial charge on any atom is -0.444 e. The van der Waals surface area contributed by atoms with Crippen molar-refractivity contribution in [2.24, 2.45) is 5.73 Å². The fraction of sp³-hybridized carbons (Fsp3) is 0.833. The van der Waals surface area contributed by atoms with E-state index in [1.807, 2.05) is 0 Å². The summed E-state index contributed by atoms with van der Waals surface area (Å²) >= 11 is 2.95. The predicted molar refractivity (Wildman–Crippen MR) is 46.3 cm³/mol. The topological polar surface area (TPSA) is 64.3 Å². The Hall–Kier alpha value is -0.290. The Kier molecular flexibility index (Phi) is 3.82. The predicted octanol–water partition coefficient (Wildman–Crippen LogP) is 1.15. The molecule has 0 fully saturated rings. The van der Waals surface area contributed by atoms with Crippen LogP contribution in [-0.2, 0) is 4.74 Å². The van der Waals surface area contributed by atoms with Crippen molar-refractivity contribution >= 4 is 22.0 Å². The van der Waals surface area contributed by atoms with Gasteiger partial charge < -0.3 is 10.5 Å². The second-order valence-corrected chi connectivity index (χ2v) is 4.03. The van der Waals surface area contributed by atoms with Crippen molar-refractivity contribution in [3.05, 3.63) is 0 Å². The number of amides is 1. The molecule has 66 valence electrons. The second-order valence-electron chi connectivity index (χ2n) is 3.05. The highest BCUT2D eigenvalue weighted by Crippen LogP contribution is 2.06. The average molecular weight is 225 g/mol. The number of alkyl halides is 1. The van der Waals surface area contributed by atoms with Gasteiger partial charge in [0.2, 0.25) is 0 Å². The van der Waals surface area contributed by atoms with Crippen molar-refractivity contribution in [3.63, 3.8) is 0 Å². The molecule has 0 aliphatic carbocycles. The van der Waals surface area contributed by atoms with Crippen molar-refractivity contribution in [2.45, 2.75) is 31.4 Å². The second kappa shape index (κ2) is 3.92. The Bertz CT molecular complexity index is 142. The monoisotopic (exact) mass is 224 g/mol. The van der Waals surface area contributed by atoms with E-state index in [2.05, 4.69) is 21.2 Å². The molecule has 0 spiro atoms. The summed E-state index contributed by atoms with van der Waals surface area (Å²) in [5.74, 6) is 0. The van der Waals surface area contributed by atoms with Gasteiger partial charge in [-0.2, -0.15) is 0 Å². The first-order chi connectivity index (χ1) is 4.81. The fourth-order valence-electron chi connectivity index (χ4n) is 0.420. The summed E-state index contributed by atoms with van der Waals surface area (Å²) in [6.07, 6.45) is -0.526. The minimum atomic E-state index is -0.558. The molecule has 0 rings (SSSR count). The summed E-state index contributed by atoms with van der Waals surface area (Å²) < 4.78 is 4.89. The summed E-state index contributed by atoms with van der Waals surface area (Å²) in [5.41, 5.74) is 4.74. The molecule has 11 heavy (non-hydrogen) atoms. The Morgan fingerprint density at radius 2 is 2.09 bits per heavy atom. The van der Waals surface area contributed by atoms with Gasteiger partial charge in [-0.25, -0.2) is 4.79 Å². The van der Waals surface area contributed by atoms with E-state index in [-0.39, 0.29) is 0 Å². The van der Waals surface area contributed by atoms with E-state index in [0.717, 1.165) is 0 Å². The quantitative estimate of drug-likeness (QED) is 0.399. The van der Waals surface area contributed by atoms with Gasteiger partial charge in [0.1, 0.15) is 10.7 Å². The zero-order valence-corrected chi connectivity index (χ0v) is 8.44. The molecule has 0 heterocycles. The normalized spacial score (nSPS) is 13.9. The highest BCUT2D eigenvalue weighted by molar-refractivity contribution is 9.09. The number of ether oxygens (including phenoxy) is 1. The number of carbonyl (C=O) groups is 1. The number of alkyl carbamates (subject to hydrolysis) is 1. The van der Waals surface area contributed by atoms with Crippen molar-refractivity contribution in [3.8, 4) is 0 Å². The summed E-state index contributed by atoms with van der Waals surface area (Å²) in [7, 11) is 0. The van der Waals surface area contributed by atoms with Gasteiger partial charge >= 0.3 is 6.09 Å². The van der Waals surface area contributed by atoms with Gasteiger partial charge in [-0.1, -0.05) is 0 Å². The average Bonchev–Trinajstić information content (AvgIpc) is 1.53. The standard InChI is InChI=1S/C6H13BrN2O2/c1-6(2,3)11-5(10)9-4(7)8/h4H,8H2,1-3H3,(H,9,10). The molecule has 1 amide bonds. The van der Waals surface area contributed by atoms with Crippen LogP contribution < -0.4 is 11.1 Å². The van der Waals surface area contributed by atoms with Crippen LogP contribution in [0.5, 0.6) is 0 Å². The molecular formula is C6H13BrN2O2. The molecule has 5 heteroatoms. The van der Waals surface area contributed by atoms with Crippen LogP contribution in [0.15, 0.2) is 0 Å². The number of carbonyl (C=O) groups excluding carboxylic acids is 1. The largest absolute Gasteiger partial charge is 0.444 e. The summed E-state index contributed by atoms with van der Waals surface area (Å²) in [6.45, 7) is 5.35. The van der Waals surface area contributed by atoms with E-state index in [4.69, 9.17) is 10.5 Å². The van der Waals surface area contributed by atoms with Gasteiger partial charge in [0.15, 0.2) is 0 Å². The molecule has 0 saturated carbocycles. The van der Waals surface area contributed by atoms with Gasteiger partial charge in [-0.05, 0) is 36.7 Å². The molecule has 0 aromatic heterocycles. The van der Waals surface area contributed by atoms with E-state index >= 15 is 0 Å². The molecule has 1 unspecified atom stereocenters. The lowest BCUT2D eigenvalue weighted by atomic mass is 10.2. The van der Waals surface area contributed by atoms with Crippen molar-refractivity contribution in [1.29, 1.82) is 0 Å². The lowest BCUT2D eigenvalue weighted by molar-refractivity contribution is 0.0524. The Morgan fingerprint density at radius 3 is 2.36 bits per heavy atom. The van der Waals surface area contributed by atoms with Gasteiger partial charge in [-0.15, -0.1) is 0 Å². The lowest BCUT2D eigenvalue weighted by Crippen LogP contribution is -2.40. The van der Waals surface area contributed by atoms with E-state index < -0.39 is 16.8 Å². The minimum absolute atomic E-state index is 0.480. The zero-order valence-electron chi connectivity index (χ0n) is 6.85. The smallest absolute Gasteiger partial charge is 0.409 e. The van der Waals surface area contributed by atoms with Crippen LogP contribution in [0, 0.1) is 0 Å². The van der Waals surface area contributed by atoms with E-state index in [1.54, 1.807) is 20.8 Å². The van der Waals surface area contributed by atoms with Crippen LogP contribution in [0.25, 0.3) is 0 Å². The number of hydrogen-bond donors (Lipinski definition) is 2. The summed E-state index contributed by atoms with van der Waals surface area (Å²) in [5, 5.41) is 1.77. The van der Waals surface area contributed by atoms with Gasteiger partial charge in [0.25, 0.3) is 0 Å². The highest BCUT2D eigenvalue weighted by atomic mass is 79.9. The molecule has 0 aliphatic heterocycles. The first kappa shape index (κ1) is 10.7. The van der Waals surface area contributed by atoms with Crippen LogP contribution in [-0.4, -0.2) is 16.8 Å². The van der Waals surface area contributed by atoms with Gasteiger partial charge in [-0.3, -0.25) is 5.32 Å². The van der Waals surface area contributed by atoms with E-state index in [0.29, 0.717) is 0 Å². The molecule has 0 bridgehead atoms. The van der Waals surface area contributed by atoms with Crippen LogP contribution in [0.2, 0.25) is 0 Å². The van der Waals surface area contributed by atoms with Crippen LogP contribution in [0.1, 0.15) is 20.8 Å². The highest BCUT2D eigenvalue weighted by Gasteiger charge is 2.16. The van der Waals surface area contributed by atoms with Crippen molar-refractivity contribution in [2.75, 3.05) is 0 Å². The van der Waals surface area contributed by atoms with Crippen molar-refractivity contribution in [1.82, 2.24) is 5.32 Å². The third-order valence-corrected chi connectivity index (χ3v) is 0.884. The fourth-order valence-corrected chi connectivity index (χ4v) is 0.607. The van der Waals surface area contributed by atoms with Crippen LogP contribution >= 0.6 is 15.9 Å². The third kappa shape index (κ3) is 7.61. The van der Waals surface area contributed by atoms with Crippen molar-refractivity contribution < 1.29 is 9.53 Å². The SMILES string of the molecule is CC(C)(C)OC(=O)NC(N)Br. The maximum Gasteiger partial charge on any atom is 0.409 e. The summed E-state index contributed by atoms with van der Waals surface area (Å²) in [4.78, 5) is 10.8. The van der Waals surface area contributed by atoms with E-state index in [1.165, 1.54) is 0 Å². The number of rotatable bonds is 1. The maximum atomic E-state index is 10.8. The maximum absolute atomic E-state index is 10.8. The van der Waals surface area contributed by atoms with Crippen LogP contribution in [0.4, 0.5) is 4.79 Å². The zero-order chi connectivity index (χ0) is 9.07. The molecule has 4 nitrogen and oxygen atoms in total. The molecule has 0 aromatic rings. The molecule has 0 saturated heterocycles. The van der Waals surface area contributed by atoms with Gasteiger partial charge in [0, 0.05) is 0 Å². The molecule has 3 N–H and O–H groups in total. The number of hydrogen-bond acceptors (Lipinski definition) is 3. The van der Waals surface area contributed by atoms with Crippen LogP contribution in [0.3, 0.4) is 0 Å². The molecule has 1 atom stereocenters. The Morgan fingerprint density at radius 1 is 1.64 bits per heavy atom. The first-order valence-corrected chi connectivity index (χ1v) is 4.12. The number of halogens is 1. The third-order valence-electron chi connectivity index (χ3n) is 0.655. The summed E-state index contributed by atoms with van der Waals surface area (Å²) in [6, 6.07) is 0. The lowest BCUT2D eigenvalue weighted by Gasteiger charge is -2.20. The molecule has 0 aromatic carbocycles. The van der Waals surface area contributed by atoms with Gasteiger partial charge in [0.05, 0.1) is 0 Å². The number of nitrogens with one attached hydrogen (secondary N) is 1. The first-order valence-electron chi connectivity index (χ1n) is 3.20. The number of nitrogens with two attached hydrogens (primary N) is 1.